The maximum Gasteiger partial charge on any atom is 0.250 e. The molecule has 4 heteroatoms. The molecule has 0 fully saturated rings. The summed E-state index contributed by atoms with van der Waals surface area (Å²) >= 11 is 0. The van der Waals surface area contributed by atoms with Crippen molar-refractivity contribution < 1.29 is 8.78 Å². The van der Waals surface area contributed by atoms with Crippen LogP contribution in [0.25, 0.3) is 0 Å². The van der Waals surface area contributed by atoms with Crippen LogP contribution >= 0.6 is 0 Å². The van der Waals surface area contributed by atoms with Crippen molar-refractivity contribution in [2.45, 2.75) is 18.9 Å². The molecule has 0 aliphatic carbocycles. The van der Waals surface area contributed by atoms with Crippen LogP contribution in [0.4, 0.5) is 8.78 Å². The second-order valence-corrected chi connectivity index (χ2v) is 4.00. The van der Waals surface area contributed by atoms with Gasteiger partial charge in [0.1, 0.15) is 0 Å². The molecule has 2 rings (SSSR count). The third kappa shape index (κ3) is 2.77. The van der Waals surface area contributed by atoms with Gasteiger partial charge < -0.3 is 10.6 Å². The zero-order valence-corrected chi connectivity index (χ0v) is 9.05. The molecule has 0 saturated heterocycles. The number of benzene rings is 1. The van der Waals surface area contributed by atoms with E-state index in [9.17, 15) is 8.78 Å². The normalized spacial score (nSPS) is 19.8. The molecule has 0 spiro atoms. The molecule has 0 radical (unpaired) electrons. The van der Waals surface area contributed by atoms with Gasteiger partial charge in [-0.2, -0.15) is 0 Å². The topological polar surface area (TPSA) is 24.1 Å². The lowest BCUT2D eigenvalue weighted by Crippen LogP contribution is -2.38. The number of alkyl halides is 2. The first-order chi connectivity index (χ1) is 7.77. The van der Waals surface area contributed by atoms with Gasteiger partial charge in [0.15, 0.2) is 0 Å². The Morgan fingerprint density at radius 1 is 1.38 bits per heavy atom. The summed E-state index contributed by atoms with van der Waals surface area (Å²) in [5.74, 6) is 0. The van der Waals surface area contributed by atoms with Crippen molar-refractivity contribution in [2.24, 2.45) is 0 Å². The second kappa shape index (κ2) is 5.37. The van der Waals surface area contributed by atoms with Crippen LogP contribution in [-0.4, -0.2) is 26.1 Å². The Morgan fingerprint density at radius 2 is 2.19 bits per heavy atom. The van der Waals surface area contributed by atoms with Gasteiger partial charge in [0.2, 0.25) is 0 Å². The molecule has 1 unspecified atom stereocenters. The fraction of sp³-hybridized carbons (Fsp3) is 0.500. The summed E-state index contributed by atoms with van der Waals surface area (Å²) < 4.78 is 24.0. The highest BCUT2D eigenvalue weighted by atomic mass is 19.3. The third-order valence-electron chi connectivity index (χ3n) is 2.86. The largest absolute Gasteiger partial charge is 0.310 e. The standard InChI is InChI=1S/C12H16F2N2/c13-12(14)8-15-7-11-10-4-2-1-3-9(10)5-6-16-11/h1-4,11-12,15-16H,5-8H2. The molecular formula is C12H16F2N2. The van der Waals surface area contributed by atoms with Crippen LogP contribution in [0, 0.1) is 0 Å². The Morgan fingerprint density at radius 3 is 3.00 bits per heavy atom. The predicted octanol–water partition coefficient (Wildman–Crippen LogP) is 1.73. The lowest BCUT2D eigenvalue weighted by Gasteiger charge is -2.27. The fourth-order valence-electron chi connectivity index (χ4n) is 2.11. The van der Waals surface area contributed by atoms with E-state index in [1.807, 2.05) is 12.1 Å². The fourth-order valence-corrected chi connectivity index (χ4v) is 2.11. The van der Waals surface area contributed by atoms with Crippen molar-refractivity contribution in [3.05, 3.63) is 35.4 Å². The molecule has 1 heterocycles. The van der Waals surface area contributed by atoms with Gasteiger partial charge in [-0.05, 0) is 24.1 Å². The van der Waals surface area contributed by atoms with E-state index < -0.39 is 6.43 Å². The molecule has 1 aliphatic heterocycles. The molecule has 1 aromatic rings. The van der Waals surface area contributed by atoms with Crippen LogP contribution in [0.1, 0.15) is 17.2 Å². The Balaban J connectivity index is 1.96. The number of nitrogens with one attached hydrogen (secondary N) is 2. The molecule has 1 atom stereocenters. The van der Waals surface area contributed by atoms with Gasteiger partial charge in [0.05, 0.1) is 6.54 Å². The highest BCUT2D eigenvalue weighted by Crippen LogP contribution is 2.21. The maximum absolute atomic E-state index is 12.0. The second-order valence-electron chi connectivity index (χ2n) is 4.00. The first-order valence-corrected chi connectivity index (χ1v) is 5.57. The van der Waals surface area contributed by atoms with Gasteiger partial charge in [-0.1, -0.05) is 24.3 Å². The molecule has 0 aromatic heterocycles. The third-order valence-corrected chi connectivity index (χ3v) is 2.86. The van der Waals surface area contributed by atoms with E-state index in [-0.39, 0.29) is 12.6 Å². The maximum atomic E-state index is 12.0. The van der Waals surface area contributed by atoms with E-state index in [1.165, 1.54) is 11.1 Å². The summed E-state index contributed by atoms with van der Waals surface area (Å²) in [5, 5.41) is 6.12. The summed E-state index contributed by atoms with van der Waals surface area (Å²) in [5.41, 5.74) is 2.56. The van der Waals surface area contributed by atoms with Gasteiger partial charge in [-0.15, -0.1) is 0 Å². The summed E-state index contributed by atoms with van der Waals surface area (Å²) in [6.07, 6.45) is -1.26. The Hall–Kier alpha value is -1.00. The van der Waals surface area contributed by atoms with Crippen molar-refractivity contribution in [3.8, 4) is 0 Å². The smallest absolute Gasteiger partial charge is 0.250 e. The first kappa shape index (κ1) is 11.5. The number of fused-ring (bicyclic) bond motifs is 1. The van der Waals surface area contributed by atoms with Crippen molar-refractivity contribution in [1.29, 1.82) is 0 Å². The van der Waals surface area contributed by atoms with E-state index in [4.69, 9.17) is 0 Å². The van der Waals surface area contributed by atoms with Gasteiger partial charge in [-0.3, -0.25) is 0 Å². The summed E-state index contributed by atoms with van der Waals surface area (Å²) in [7, 11) is 0. The van der Waals surface area contributed by atoms with Crippen molar-refractivity contribution >= 4 is 0 Å². The first-order valence-electron chi connectivity index (χ1n) is 5.57. The lowest BCUT2D eigenvalue weighted by molar-refractivity contribution is 0.145. The van der Waals surface area contributed by atoms with E-state index in [0.29, 0.717) is 6.54 Å². The average Bonchev–Trinajstić information content (AvgIpc) is 2.29. The van der Waals surface area contributed by atoms with Crippen LogP contribution in [0.5, 0.6) is 0 Å². The zero-order chi connectivity index (χ0) is 11.4. The van der Waals surface area contributed by atoms with E-state index in [2.05, 4.69) is 22.8 Å². The van der Waals surface area contributed by atoms with Crippen molar-refractivity contribution in [1.82, 2.24) is 10.6 Å². The van der Waals surface area contributed by atoms with Crippen molar-refractivity contribution in [2.75, 3.05) is 19.6 Å². The van der Waals surface area contributed by atoms with Crippen LogP contribution in [-0.2, 0) is 6.42 Å². The minimum atomic E-state index is -2.28. The van der Waals surface area contributed by atoms with Crippen molar-refractivity contribution in [3.63, 3.8) is 0 Å². The molecule has 0 bridgehead atoms. The Labute approximate surface area is 94.0 Å². The summed E-state index contributed by atoms with van der Waals surface area (Å²) in [6, 6.07) is 8.34. The molecule has 2 N–H and O–H groups in total. The molecule has 0 amide bonds. The van der Waals surface area contributed by atoms with Crippen LogP contribution in [0.2, 0.25) is 0 Å². The molecule has 16 heavy (non-hydrogen) atoms. The summed E-state index contributed by atoms with van der Waals surface area (Å²) in [4.78, 5) is 0. The van der Waals surface area contributed by atoms with Gasteiger partial charge in [0, 0.05) is 12.6 Å². The molecule has 88 valence electrons. The number of hydrogen-bond donors (Lipinski definition) is 2. The average molecular weight is 226 g/mol. The molecule has 2 nitrogen and oxygen atoms in total. The highest BCUT2D eigenvalue weighted by molar-refractivity contribution is 5.32. The van der Waals surface area contributed by atoms with E-state index in [1.54, 1.807) is 0 Å². The summed E-state index contributed by atoms with van der Waals surface area (Å²) in [6.45, 7) is 1.24. The highest BCUT2D eigenvalue weighted by Gasteiger charge is 2.18. The Bertz CT molecular complexity index is 342. The number of halogens is 2. The molecule has 1 aromatic carbocycles. The minimum Gasteiger partial charge on any atom is -0.310 e. The van der Waals surface area contributed by atoms with E-state index >= 15 is 0 Å². The van der Waals surface area contributed by atoms with Gasteiger partial charge in [-0.25, -0.2) is 8.78 Å². The molecule has 1 aliphatic rings. The zero-order valence-electron chi connectivity index (χ0n) is 9.05. The SMILES string of the molecule is FC(F)CNCC1NCCc2ccccc21. The monoisotopic (exact) mass is 226 g/mol. The van der Waals surface area contributed by atoms with Crippen LogP contribution in [0.3, 0.4) is 0 Å². The van der Waals surface area contributed by atoms with E-state index in [0.717, 1.165) is 13.0 Å². The van der Waals surface area contributed by atoms with Crippen LogP contribution in [0.15, 0.2) is 24.3 Å². The van der Waals surface area contributed by atoms with Gasteiger partial charge in [0.25, 0.3) is 6.43 Å². The lowest BCUT2D eigenvalue weighted by atomic mass is 9.94. The number of rotatable bonds is 4. The van der Waals surface area contributed by atoms with Gasteiger partial charge >= 0.3 is 0 Å². The van der Waals surface area contributed by atoms with Crippen LogP contribution < -0.4 is 10.6 Å². The quantitative estimate of drug-likeness (QED) is 0.817. The number of hydrogen-bond acceptors (Lipinski definition) is 2. The Kier molecular flexibility index (Phi) is 3.85. The minimum absolute atomic E-state index is 0.156. The molecule has 0 saturated carbocycles. The molecular weight excluding hydrogens is 210 g/mol. The predicted molar refractivity (Wildman–Crippen MR) is 59.8 cm³/mol.